The Kier molecular flexibility index (Phi) is 2.60. The van der Waals surface area contributed by atoms with Gasteiger partial charge >= 0.3 is 0 Å². The van der Waals surface area contributed by atoms with E-state index in [1.54, 1.807) is 0 Å². The molecule has 0 aliphatic heterocycles. The van der Waals surface area contributed by atoms with E-state index >= 15 is 0 Å². The van der Waals surface area contributed by atoms with Crippen molar-refractivity contribution < 1.29 is 8.68 Å². The predicted molar refractivity (Wildman–Crippen MR) is 92.6 cm³/mol. The summed E-state index contributed by atoms with van der Waals surface area (Å²) in [6.45, 7) is 8.10. The highest BCUT2D eigenvalue weighted by Gasteiger charge is 2.24. The lowest BCUT2D eigenvalue weighted by Crippen LogP contribution is -2.34. The van der Waals surface area contributed by atoms with Crippen LogP contribution in [0.25, 0.3) is 16.7 Å². The Balaban J connectivity index is 2.44. The number of benzene rings is 2. The Labute approximate surface area is 137 Å². The number of hydrogen-bond acceptors (Lipinski definition) is 0. The van der Waals surface area contributed by atoms with E-state index in [1.807, 2.05) is 54.8 Å². The minimum absolute atomic E-state index is 0.0422. The fourth-order valence-electron chi connectivity index (χ4n) is 2.93. The van der Waals surface area contributed by atoms with Crippen LogP contribution in [0.5, 0.6) is 0 Å². The van der Waals surface area contributed by atoms with Crippen molar-refractivity contribution in [2.75, 3.05) is 0 Å². The van der Waals surface area contributed by atoms with Crippen LogP contribution >= 0.6 is 0 Å². The lowest BCUT2D eigenvalue weighted by Gasteiger charge is -2.18. The first kappa shape index (κ1) is 11.5. The molecule has 0 bridgehead atoms. The highest BCUT2D eigenvalue weighted by molar-refractivity contribution is 5.74. The molecule has 0 spiro atoms. The summed E-state index contributed by atoms with van der Waals surface area (Å²) in [7, 11) is 0. The number of fused-ring (bicyclic) bond motifs is 1. The zero-order valence-corrected chi connectivity index (χ0v) is 13.9. The molecule has 0 N–H and O–H groups in total. The maximum atomic E-state index is 8.03. The van der Waals surface area contributed by atoms with Gasteiger partial charge in [0.1, 0.15) is 5.69 Å². The molecule has 1 aromatic heterocycles. The molecule has 0 aliphatic carbocycles. The third-order valence-corrected chi connectivity index (χ3v) is 4.33. The summed E-state index contributed by atoms with van der Waals surface area (Å²) in [5.41, 5.74) is 4.86. The second-order valence-corrected chi connectivity index (χ2v) is 6.96. The molecular weight excluding hydrogens is 268 g/mol. The Bertz CT molecular complexity index is 944. The van der Waals surface area contributed by atoms with Gasteiger partial charge in [-0.3, -0.25) is 0 Å². The molecule has 2 nitrogen and oxygen atoms in total. The number of para-hydroxylation sites is 1. The van der Waals surface area contributed by atoms with Gasteiger partial charge in [-0.2, -0.15) is 4.57 Å². The van der Waals surface area contributed by atoms with Crippen LogP contribution in [0, 0.1) is 13.8 Å². The van der Waals surface area contributed by atoms with Crippen LogP contribution in [-0.2, 0) is 12.4 Å². The summed E-state index contributed by atoms with van der Waals surface area (Å²) in [6.07, 6.45) is 0. The van der Waals surface area contributed by atoms with Gasteiger partial charge in [-0.15, -0.1) is 0 Å². The summed E-state index contributed by atoms with van der Waals surface area (Å²) in [4.78, 5) is 0. The molecule has 0 unspecified atom stereocenters. The van der Waals surface area contributed by atoms with Gasteiger partial charge in [0.25, 0.3) is 5.82 Å². The van der Waals surface area contributed by atoms with Crippen LogP contribution in [0.2, 0.25) is 0 Å². The molecule has 0 fully saturated rings. The van der Waals surface area contributed by atoms with Crippen LogP contribution < -0.4 is 4.57 Å². The molecule has 114 valence electrons. The molecule has 0 radical (unpaired) electrons. The Morgan fingerprint density at radius 3 is 2.41 bits per heavy atom. The first-order chi connectivity index (χ1) is 11.5. The Morgan fingerprint density at radius 2 is 1.77 bits per heavy atom. The molecule has 0 amide bonds. The van der Waals surface area contributed by atoms with Crippen LogP contribution in [-0.4, -0.2) is 4.57 Å². The smallest absolute Gasteiger partial charge is 0.230 e. The zero-order chi connectivity index (χ0) is 18.6. The third kappa shape index (κ3) is 2.23. The van der Waals surface area contributed by atoms with E-state index in [9.17, 15) is 0 Å². The van der Waals surface area contributed by atoms with E-state index in [4.69, 9.17) is 4.11 Å². The van der Waals surface area contributed by atoms with Gasteiger partial charge in [-0.05, 0) is 41.7 Å². The third-order valence-electron chi connectivity index (χ3n) is 4.33. The maximum Gasteiger partial charge on any atom is 0.259 e. The minimum Gasteiger partial charge on any atom is -0.230 e. The highest BCUT2D eigenvalue weighted by atomic mass is 15.2. The number of aryl methyl sites for hydroxylation is 2. The summed E-state index contributed by atoms with van der Waals surface area (Å²) in [5, 5.41) is 0. The summed E-state index contributed by atoms with van der Waals surface area (Å²) in [5.74, 6) is 0.704. The fourth-order valence-corrected chi connectivity index (χ4v) is 2.93. The van der Waals surface area contributed by atoms with E-state index in [-0.39, 0.29) is 5.41 Å². The molecule has 3 aromatic rings. The Morgan fingerprint density at radius 1 is 1.05 bits per heavy atom. The van der Waals surface area contributed by atoms with Crippen molar-refractivity contribution in [3.8, 4) is 5.69 Å². The number of imidazole rings is 1. The monoisotopic (exact) mass is 296 g/mol. The molecule has 2 aromatic carbocycles. The number of rotatable bonds is 1. The van der Waals surface area contributed by atoms with Gasteiger partial charge < -0.3 is 0 Å². The normalized spacial score (nSPS) is 14.7. The second-order valence-electron chi connectivity index (χ2n) is 6.96. The van der Waals surface area contributed by atoms with Crippen molar-refractivity contribution in [1.29, 1.82) is 0 Å². The molecule has 0 atom stereocenters. The van der Waals surface area contributed by atoms with Gasteiger partial charge in [0.15, 0.2) is 11.0 Å². The molecule has 2 heteroatoms. The average Bonchev–Trinajstić information content (AvgIpc) is 2.78. The van der Waals surface area contributed by atoms with E-state index in [0.717, 1.165) is 27.8 Å². The molecule has 1 heterocycles. The zero-order valence-electron chi connectivity index (χ0n) is 16.9. The van der Waals surface area contributed by atoms with Gasteiger partial charge in [0.2, 0.25) is 0 Å². The van der Waals surface area contributed by atoms with E-state index in [1.165, 1.54) is 4.57 Å². The largest absolute Gasteiger partial charge is 0.259 e. The Hall–Kier alpha value is -2.09. The first-order valence-electron chi connectivity index (χ1n) is 9.16. The van der Waals surface area contributed by atoms with Crippen LogP contribution in [0.1, 0.15) is 41.8 Å². The van der Waals surface area contributed by atoms with E-state index in [0.29, 0.717) is 5.82 Å². The first-order valence-corrected chi connectivity index (χ1v) is 7.66. The second kappa shape index (κ2) is 4.98. The van der Waals surface area contributed by atoms with E-state index in [2.05, 4.69) is 26.8 Å². The lowest BCUT2D eigenvalue weighted by atomic mass is 9.87. The quantitative estimate of drug-likeness (QED) is 0.590. The number of aromatic nitrogens is 2. The summed E-state index contributed by atoms with van der Waals surface area (Å²) in [6, 6.07) is 14.2. The summed E-state index contributed by atoms with van der Waals surface area (Å²) < 4.78 is 27.6. The SMILES string of the molecule is [2H]C([2H])([2H])n1c(C)[n+](-c2ccccc2C)c2ccc(C(C)(C)C)cc21. The van der Waals surface area contributed by atoms with Gasteiger partial charge in [0.05, 0.1) is 11.1 Å². The topological polar surface area (TPSA) is 8.81 Å². The average molecular weight is 296 g/mol. The minimum atomic E-state index is -2.23. The van der Waals surface area contributed by atoms with Crippen LogP contribution in [0.15, 0.2) is 42.5 Å². The van der Waals surface area contributed by atoms with Crippen molar-refractivity contribution >= 4 is 11.0 Å². The summed E-state index contributed by atoms with van der Waals surface area (Å²) >= 11 is 0. The molecule has 3 rings (SSSR count). The molecule has 0 aliphatic rings. The van der Waals surface area contributed by atoms with Gasteiger partial charge in [-0.1, -0.05) is 45.0 Å². The van der Waals surface area contributed by atoms with Crippen molar-refractivity contribution in [1.82, 2.24) is 4.57 Å². The highest BCUT2D eigenvalue weighted by Crippen LogP contribution is 2.26. The molecule has 0 saturated carbocycles. The van der Waals surface area contributed by atoms with Crippen molar-refractivity contribution in [3.63, 3.8) is 0 Å². The van der Waals surface area contributed by atoms with E-state index < -0.39 is 6.98 Å². The number of nitrogens with zero attached hydrogens (tertiary/aromatic N) is 2. The van der Waals surface area contributed by atoms with Crippen LogP contribution in [0.3, 0.4) is 0 Å². The molecule has 22 heavy (non-hydrogen) atoms. The van der Waals surface area contributed by atoms with Crippen LogP contribution in [0.4, 0.5) is 0 Å². The van der Waals surface area contributed by atoms with Crippen molar-refractivity contribution in [3.05, 3.63) is 59.4 Å². The molecular formula is C20H25N2+. The van der Waals surface area contributed by atoms with Crippen molar-refractivity contribution in [2.45, 2.75) is 40.0 Å². The molecule has 0 saturated heterocycles. The van der Waals surface area contributed by atoms with Crippen molar-refractivity contribution in [2.24, 2.45) is 6.98 Å². The lowest BCUT2D eigenvalue weighted by molar-refractivity contribution is -0.576. The number of hydrogen-bond donors (Lipinski definition) is 0. The fraction of sp³-hybridized carbons (Fsp3) is 0.350. The maximum absolute atomic E-state index is 8.03. The van der Waals surface area contributed by atoms with Gasteiger partial charge in [-0.25, -0.2) is 4.57 Å². The predicted octanol–water partition coefficient (Wildman–Crippen LogP) is 4.37. The standard InChI is InChI=1S/C20H25N2/c1-14-9-7-8-10-17(14)22-15(2)21(6)19-13-16(20(3,4)5)11-12-18(19)22/h7-13H,1-6H3/q+1/i6D3. The van der Waals surface area contributed by atoms with Gasteiger partial charge in [0, 0.05) is 6.92 Å².